The van der Waals surface area contributed by atoms with Crippen LogP contribution in [-0.4, -0.2) is 37.4 Å². The number of nitrogens with zero attached hydrogens (tertiary/aromatic N) is 5. The molecule has 0 aliphatic rings. The third-order valence-corrected chi connectivity index (χ3v) is 3.31. The molecule has 0 spiro atoms. The molecular formula is C12H13N5O3S. The molecule has 21 heavy (non-hydrogen) atoms. The SMILES string of the molecule is CCc1nnc(SC)n1/N=C\c1ccc(O)c([N+](=O)[O-])c1. The van der Waals surface area contributed by atoms with Crippen molar-refractivity contribution in [1.82, 2.24) is 14.9 Å². The van der Waals surface area contributed by atoms with Gasteiger partial charge in [-0.05, 0) is 18.4 Å². The van der Waals surface area contributed by atoms with E-state index in [2.05, 4.69) is 15.3 Å². The van der Waals surface area contributed by atoms with E-state index in [1.165, 1.54) is 30.1 Å². The van der Waals surface area contributed by atoms with Crippen molar-refractivity contribution in [1.29, 1.82) is 0 Å². The fourth-order valence-electron chi connectivity index (χ4n) is 1.65. The number of aryl methyl sites for hydroxylation is 1. The van der Waals surface area contributed by atoms with E-state index in [9.17, 15) is 15.2 Å². The Hall–Kier alpha value is -2.42. The molecule has 0 radical (unpaired) electrons. The van der Waals surface area contributed by atoms with Gasteiger partial charge in [0.25, 0.3) is 0 Å². The minimum atomic E-state index is -0.643. The Morgan fingerprint density at radius 2 is 2.29 bits per heavy atom. The zero-order valence-electron chi connectivity index (χ0n) is 11.4. The van der Waals surface area contributed by atoms with Crippen LogP contribution in [0.15, 0.2) is 28.5 Å². The van der Waals surface area contributed by atoms with E-state index in [0.29, 0.717) is 23.0 Å². The molecule has 0 saturated carbocycles. The maximum absolute atomic E-state index is 10.8. The molecule has 0 fully saturated rings. The van der Waals surface area contributed by atoms with Crippen LogP contribution in [-0.2, 0) is 6.42 Å². The van der Waals surface area contributed by atoms with Crippen LogP contribution in [0, 0.1) is 10.1 Å². The molecule has 1 aromatic carbocycles. The monoisotopic (exact) mass is 307 g/mol. The minimum Gasteiger partial charge on any atom is -0.502 e. The first-order valence-corrected chi connectivity index (χ1v) is 7.29. The lowest BCUT2D eigenvalue weighted by molar-refractivity contribution is -0.385. The molecule has 2 rings (SSSR count). The standard InChI is InChI=1S/C12H13N5O3S/c1-3-11-14-15-12(21-2)16(11)13-7-8-4-5-10(18)9(6-8)17(19)20/h4-7,18H,3H2,1-2H3/b13-7-. The van der Waals surface area contributed by atoms with Crippen molar-refractivity contribution in [2.24, 2.45) is 5.10 Å². The average Bonchev–Trinajstić information content (AvgIpc) is 2.88. The van der Waals surface area contributed by atoms with Crippen molar-refractivity contribution in [3.63, 3.8) is 0 Å². The van der Waals surface area contributed by atoms with Gasteiger partial charge < -0.3 is 5.11 Å². The molecule has 2 aromatic rings. The zero-order chi connectivity index (χ0) is 15.4. The van der Waals surface area contributed by atoms with Crippen LogP contribution in [0.4, 0.5) is 5.69 Å². The molecule has 1 N–H and O–H groups in total. The van der Waals surface area contributed by atoms with Crippen molar-refractivity contribution in [2.45, 2.75) is 18.5 Å². The van der Waals surface area contributed by atoms with E-state index in [4.69, 9.17) is 0 Å². The number of phenolic OH excluding ortho intramolecular Hbond substituents is 1. The Labute approximate surface area is 124 Å². The highest BCUT2D eigenvalue weighted by molar-refractivity contribution is 7.98. The number of hydrogen-bond donors (Lipinski definition) is 1. The van der Waals surface area contributed by atoms with Gasteiger partial charge in [0.1, 0.15) is 0 Å². The Morgan fingerprint density at radius 1 is 1.52 bits per heavy atom. The van der Waals surface area contributed by atoms with Crippen molar-refractivity contribution >= 4 is 23.7 Å². The average molecular weight is 307 g/mol. The summed E-state index contributed by atoms with van der Waals surface area (Å²) in [5, 5.41) is 33.1. The van der Waals surface area contributed by atoms with Gasteiger partial charge in [0.2, 0.25) is 5.16 Å². The molecule has 0 bridgehead atoms. The van der Waals surface area contributed by atoms with Crippen LogP contribution >= 0.6 is 11.8 Å². The van der Waals surface area contributed by atoms with Crippen molar-refractivity contribution in [3.8, 4) is 5.75 Å². The van der Waals surface area contributed by atoms with Crippen LogP contribution in [0.5, 0.6) is 5.75 Å². The Kier molecular flexibility index (Phi) is 4.53. The van der Waals surface area contributed by atoms with E-state index < -0.39 is 4.92 Å². The van der Waals surface area contributed by atoms with Crippen LogP contribution < -0.4 is 0 Å². The van der Waals surface area contributed by atoms with E-state index in [1.807, 2.05) is 13.2 Å². The smallest absolute Gasteiger partial charge is 0.311 e. The quantitative estimate of drug-likeness (QED) is 0.392. The van der Waals surface area contributed by atoms with E-state index in [0.717, 1.165) is 0 Å². The molecule has 0 aliphatic heterocycles. The molecule has 9 heteroatoms. The maximum atomic E-state index is 10.8. The Morgan fingerprint density at radius 3 is 2.90 bits per heavy atom. The summed E-state index contributed by atoms with van der Waals surface area (Å²) in [6.07, 6.45) is 4.00. The molecule has 0 saturated heterocycles. The number of hydrogen-bond acceptors (Lipinski definition) is 7. The van der Waals surface area contributed by atoms with E-state index in [1.54, 1.807) is 10.7 Å². The first kappa shape index (κ1) is 15.0. The fraction of sp³-hybridized carbons (Fsp3) is 0.250. The summed E-state index contributed by atoms with van der Waals surface area (Å²) < 4.78 is 1.59. The predicted octanol–water partition coefficient (Wildman–Crippen LogP) is 2.06. The number of nitro benzene ring substituents is 1. The molecule has 8 nitrogen and oxygen atoms in total. The summed E-state index contributed by atoms with van der Waals surface area (Å²) in [6, 6.07) is 4.07. The van der Waals surface area contributed by atoms with Gasteiger partial charge in [-0.25, -0.2) is 0 Å². The lowest BCUT2D eigenvalue weighted by Crippen LogP contribution is -1.99. The highest BCUT2D eigenvalue weighted by Crippen LogP contribution is 2.25. The Balaban J connectivity index is 2.36. The summed E-state index contributed by atoms with van der Waals surface area (Å²) in [6.45, 7) is 1.94. The second-order valence-corrected chi connectivity index (χ2v) is 4.79. The van der Waals surface area contributed by atoms with Crippen LogP contribution in [0.25, 0.3) is 0 Å². The topological polar surface area (TPSA) is 106 Å². The first-order chi connectivity index (χ1) is 10.1. The maximum Gasteiger partial charge on any atom is 0.311 e. The van der Waals surface area contributed by atoms with Crippen LogP contribution in [0.1, 0.15) is 18.3 Å². The number of rotatable bonds is 5. The summed E-state index contributed by atoms with van der Waals surface area (Å²) in [5.41, 5.74) is 0.144. The number of nitro groups is 1. The highest BCUT2D eigenvalue weighted by Gasteiger charge is 2.13. The molecule has 0 amide bonds. The molecule has 0 aliphatic carbocycles. The van der Waals surface area contributed by atoms with E-state index in [-0.39, 0.29) is 11.4 Å². The molecular weight excluding hydrogens is 294 g/mol. The number of aromatic hydroxyl groups is 1. The second-order valence-electron chi connectivity index (χ2n) is 4.02. The number of aromatic nitrogens is 3. The van der Waals surface area contributed by atoms with Crippen molar-refractivity contribution in [3.05, 3.63) is 39.7 Å². The summed E-state index contributed by atoms with van der Waals surface area (Å²) in [7, 11) is 0. The van der Waals surface area contributed by atoms with Crippen molar-refractivity contribution < 1.29 is 10.0 Å². The lowest BCUT2D eigenvalue weighted by atomic mass is 10.2. The van der Waals surface area contributed by atoms with Gasteiger partial charge in [-0.3, -0.25) is 10.1 Å². The number of thioether (sulfide) groups is 1. The van der Waals surface area contributed by atoms with Gasteiger partial charge in [-0.1, -0.05) is 18.7 Å². The second kappa shape index (κ2) is 6.35. The van der Waals surface area contributed by atoms with Crippen LogP contribution in [0.2, 0.25) is 0 Å². The normalized spacial score (nSPS) is 11.1. The number of phenols is 1. The van der Waals surface area contributed by atoms with Crippen LogP contribution in [0.3, 0.4) is 0 Å². The fourth-order valence-corrected chi connectivity index (χ4v) is 2.10. The molecule has 1 heterocycles. The van der Waals surface area contributed by atoms with Gasteiger partial charge in [-0.15, -0.1) is 10.2 Å². The summed E-state index contributed by atoms with van der Waals surface area (Å²) >= 11 is 1.40. The molecule has 1 aromatic heterocycles. The van der Waals surface area contributed by atoms with E-state index >= 15 is 0 Å². The lowest BCUT2D eigenvalue weighted by Gasteiger charge is -2.01. The van der Waals surface area contributed by atoms with Gasteiger partial charge in [0.15, 0.2) is 11.6 Å². The van der Waals surface area contributed by atoms with Gasteiger partial charge in [0, 0.05) is 18.1 Å². The summed E-state index contributed by atoms with van der Waals surface area (Å²) in [5.74, 6) is 0.323. The van der Waals surface area contributed by atoms with Gasteiger partial charge >= 0.3 is 5.69 Å². The predicted molar refractivity (Wildman–Crippen MR) is 78.9 cm³/mol. The first-order valence-electron chi connectivity index (χ1n) is 6.06. The summed E-state index contributed by atoms with van der Waals surface area (Å²) in [4.78, 5) is 10.1. The Bertz CT molecular complexity index is 677. The molecule has 110 valence electrons. The third-order valence-electron chi connectivity index (χ3n) is 2.69. The largest absolute Gasteiger partial charge is 0.502 e. The zero-order valence-corrected chi connectivity index (χ0v) is 12.2. The minimum absolute atomic E-state index is 0.358. The molecule has 0 atom stereocenters. The van der Waals surface area contributed by atoms with Gasteiger partial charge in [0.05, 0.1) is 11.1 Å². The highest BCUT2D eigenvalue weighted by atomic mass is 32.2. The number of benzene rings is 1. The van der Waals surface area contributed by atoms with Crippen molar-refractivity contribution in [2.75, 3.05) is 6.26 Å². The third kappa shape index (κ3) is 3.19. The molecule has 0 unspecified atom stereocenters. The van der Waals surface area contributed by atoms with Gasteiger partial charge in [-0.2, -0.15) is 9.78 Å².